The molecule has 1 nitrogen and oxygen atoms in total. The molecule has 1 aromatic carbocycles. The lowest BCUT2D eigenvalue weighted by Crippen LogP contribution is -2.11. The van der Waals surface area contributed by atoms with Crippen LogP contribution in [0.25, 0.3) is 10.9 Å². The third kappa shape index (κ3) is 2.37. The van der Waals surface area contributed by atoms with Crippen LogP contribution in [0.5, 0.6) is 0 Å². The average Bonchev–Trinajstić information content (AvgIpc) is 2.44. The Morgan fingerprint density at radius 3 is 2.50 bits per heavy atom. The van der Waals surface area contributed by atoms with Crippen LogP contribution in [0.15, 0.2) is 22.7 Å². The monoisotopic (exact) mass is 295 g/mol. The van der Waals surface area contributed by atoms with Gasteiger partial charge in [-0.05, 0) is 34.1 Å². The van der Waals surface area contributed by atoms with E-state index in [4.69, 9.17) is 0 Å². The molecule has 0 spiro atoms. The first-order chi connectivity index (χ1) is 7.35. The van der Waals surface area contributed by atoms with Crippen molar-refractivity contribution in [1.29, 1.82) is 0 Å². The predicted octanol–water partition coefficient (Wildman–Crippen LogP) is 4.17. The summed E-state index contributed by atoms with van der Waals surface area (Å²) in [6.07, 6.45) is -5.31. The van der Waals surface area contributed by atoms with Gasteiger partial charge < -0.3 is 4.98 Å². The van der Waals surface area contributed by atoms with E-state index in [1.807, 2.05) is 0 Å². The standard InChI is InChI=1S/C10H6BrF4N/c11-7-3-9-5(2-8(7)12)1-6(16-9)4-10(13,14)15/h1-3,16H,4H2. The molecule has 0 saturated carbocycles. The molecule has 0 fully saturated rings. The molecule has 2 aromatic rings. The molecule has 1 heterocycles. The van der Waals surface area contributed by atoms with Crippen LogP contribution in [0.1, 0.15) is 5.69 Å². The van der Waals surface area contributed by atoms with Crippen molar-refractivity contribution in [3.05, 3.63) is 34.2 Å². The van der Waals surface area contributed by atoms with Crippen molar-refractivity contribution in [3.63, 3.8) is 0 Å². The predicted molar refractivity (Wildman–Crippen MR) is 55.7 cm³/mol. The second-order valence-electron chi connectivity index (χ2n) is 3.44. The minimum Gasteiger partial charge on any atom is -0.358 e. The number of aromatic nitrogens is 1. The molecule has 0 amide bonds. The third-order valence-corrected chi connectivity index (χ3v) is 2.72. The van der Waals surface area contributed by atoms with Crippen LogP contribution in [0, 0.1) is 5.82 Å². The van der Waals surface area contributed by atoms with Crippen LogP contribution in [-0.4, -0.2) is 11.2 Å². The average molecular weight is 296 g/mol. The van der Waals surface area contributed by atoms with E-state index in [1.54, 1.807) is 0 Å². The molecule has 0 aliphatic carbocycles. The van der Waals surface area contributed by atoms with E-state index in [0.717, 1.165) is 0 Å². The highest BCUT2D eigenvalue weighted by molar-refractivity contribution is 9.10. The summed E-state index contributed by atoms with van der Waals surface area (Å²) >= 11 is 2.97. The van der Waals surface area contributed by atoms with Gasteiger partial charge in [0.2, 0.25) is 0 Å². The molecule has 0 atom stereocenters. The number of rotatable bonds is 1. The van der Waals surface area contributed by atoms with E-state index in [2.05, 4.69) is 20.9 Å². The largest absolute Gasteiger partial charge is 0.394 e. The number of alkyl halides is 3. The highest BCUT2D eigenvalue weighted by Gasteiger charge is 2.28. The lowest BCUT2D eigenvalue weighted by Gasteiger charge is -2.02. The molecule has 0 unspecified atom stereocenters. The van der Waals surface area contributed by atoms with Crippen molar-refractivity contribution in [3.8, 4) is 0 Å². The van der Waals surface area contributed by atoms with Crippen LogP contribution >= 0.6 is 15.9 Å². The molecule has 0 saturated heterocycles. The summed E-state index contributed by atoms with van der Waals surface area (Å²) < 4.78 is 49.7. The van der Waals surface area contributed by atoms with Gasteiger partial charge in [0.1, 0.15) is 5.82 Å². The second-order valence-corrected chi connectivity index (χ2v) is 4.29. The van der Waals surface area contributed by atoms with Gasteiger partial charge in [-0.15, -0.1) is 0 Å². The lowest BCUT2D eigenvalue weighted by molar-refractivity contribution is -0.127. The summed E-state index contributed by atoms with van der Waals surface area (Å²) in [5, 5.41) is 0.431. The van der Waals surface area contributed by atoms with E-state index in [9.17, 15) is 17.6 Å². The van der Waals surface area contributed by atoms with Crippen molar-refractivity contribution in [2.75, 3.05) is 0 Å². The van der Waals surface area contributed by atoms with Gasteiger partial charge in [-0.1, -0.05) is 0 Å². The number of halogens is 5. The third-order valence-electron chi connectivity index (χ3n) is 2.11. The number of benzene rings is 1. The van der Waals surface area contributed by atoms with Crippen molar-refractivity contribution < 1.29 is 17.6 Å². The minimum atomic E-state index is -4.27. The Balaban J connectivity index is 2.44. The first-order valence-corrected chi connectivity index (χ1v) is 5.18. The smallest absolute Gasteiger partial charge is 0.358 e. The van der Waals surface area contributed by atoms with Gasteiger partial charge in [0, 0.05) is 16.6 Å². The molecule has 0 bridgehead atoms. The number of nitrogens with one attached hydrogen (secondary N) is 1. The first-order valence-electron chi connectivity index (χ1n) is 4.38. The Morgan fingerprint density at radius 1 is 1.19 bits per heavy atom. The van der Waals surface area contributed by atoms with Crippen LogP contribution in [0.2, 0.25) is 0 Å². The summed E-state index contributed by atoms with van der Waals surface area (Å²) in [6.45, 7) is 0. The molecule has 0 aliphatic heterocycles. The number of H-pyrrole nitrogens is 1. The summed E-state index contributed by atoms with van der Waals surface area (Å²) in [6, 6.07) is 3.92. The number of fused-ring (bicyclic) bond motifs is 1. The normalized spacial score (nSPS) is 12.3. The van der Waals surface area contributed by atoms with Gasteiger partial charge in [0.05, 0.1) is 10.9 Å². The molecule has 1 aromatic heterocycles. The molecule has 0 radical (unpaired) electrons. The van der Waals surface area contributed by atoms with Gasteiger partial charge in [-0.3, -0.25) is 0 Å². The Hall–Kier alpha value is -1.04. The highest BCUT2D eigenvalue weighted by Crippen LogP contribution is 2.27. The molecule has 86 valence electrons. The van der Waals surface area contributed by atoms with Crippen molar-refractivity contribution in [1.82, 2.24) is 4.98 Å². The zero-order chi connectivity index (χ0) is 11.9. The topological polar surface area (TPSA) is 15.8 Å². The van der Waals surface area contributed by atoms with Crippen molar-refractivity contribution in [2.24, 2.45) is 0 Å². The van der Waals surface area contributed by atoms with E-state index in [1.165, 1.54) is 18.2 Å². The van der Waals surface area contributed by atoms with E-state index >= 15 is 0 Å². The zero-order valence-corrected chi connectivity index (χ0v) is 9.41. The van der Waals surface area contributed by atoms with E-state index < -0.39 is 18.4 Å². The molecule has 2 rings (SSSR count). The summed E-state index contributed by atoms with van der Waals surface area (Å²) in [4.78, 5) is 2.60. The van der Waals surface area contributed by atoms with Gasteiger partial charge >= 0.3 is 6.18 Å². The van der Waals surface area contributed by atoms with Gasteiger partial charge in [-0.25, -0.2) is 4.39 Å². The second kappa shape index (κ2) is 3.76. The van der Waals surface area contributed by atoms with Crippen molar-refractivity contribution in [2.45, 2.75) is 12.6 Å². The van der Waals surface area contributed by atoms with Crippen molar-refractivity contribution >= 4 is 26.8 Å². The molecule has 6 heteroatoms. The van der Waals surface area contributed by atoms with E-state index in [-0.39, 0.29) is 10.2 Å². The quantitative estimate of drug-likeness (QED) is 0.760. The number of hydrogen-bond donors (Lipinski definition) is 1. The fourth-order valence-electron chi connectivity index (χ4n) is 1.50. The molecule has 16 heavy (non-hydrogen) atoms. The molecular weight excluding hydrogens is 290 g/mol. The first kappa shape index (κ1) is 11.4. The minimum absolute atomic E-state index is 0.0278. The fraction of sp³-hybridized carbons (Fsp3) is 0.200. The van der Waals surface area contributed by atoms with Gasteiger partial charge in [0.15, 0.2) is 0 Å². The van der Waals surface area contributed by atoms with Crippen LogP contribution in [-0.2, 0) is 6.42 Å². The SMILES string of the molecule is Fc1cc2cc(CC(F)(F)F)[nH]c2cc1Br. The molecular formula is C10H6BrF4N. The fourth-order valence-corrected chi connectivity index (χ4v) is 1.84. The summed E-state index contributed by atoms with van der Waals surface area (Å²) in [5.41, 5.74) is 0.507. The van der Waals surface area contributed by atoms with Gasteiger partial charge in [-0.2, -0.15) is 13.2 Å². The summed E-state index contributed by atoms with van der Waals surface area (Å²) in [5.74, 6) is -0.495. The lowest BCUT2D eigenvalue weighted by atomic mass is 10.2. The number of hydrogen-bond acceptors (Lipinski definition) is 0. The van der Waals surface area contributed by atoms with Crippen LogP contribution < -0.4 is 0 Å². The highest BCUT2D eigenvalue weighted by atomic mass is 79.9. The summed E-state index contributed by atoms with van der Waals surface area (Å²) in [7, 11) is 0. The molecule has 0 aliphatic rings. The Bertz CT molecular complexity index is 490. The Kier molecular flexibility index (Phi) is 2.69. The Morgan fingerprint density at radius 2 is 1.88 bits per heavy atom. The molecule has 1 N–H and O–H groups in total. The zero-order valence-electron chi connectivity index (χ0n) is 7.83. The van der Waals surface area contributed by atoms with E-state index in [0.29, 0.717) is 10.9 Å². The maximum atomic E-state index is 13.1. The number of aromatic amines is 1. The maximum Gasteiger partial charge on any atom is 0.394 e. The Labute approximate surface area is 96.6 Å². The van der Waals surface area contributed by atoms with Gasteiger partial charge in [0.25, 0.3) is 0 Å². The van der Waals surface area contributed by atoms with Crippen LogP contribution in [0.3, 0.4) is 0 Å². The van der Waals surface area contributed by atoms with Crippen LogP contribution in [0.4, 0.5) is 17.6 Å². The maximum absolute atomic E-state index is 13.1.